The lowest BCUT2D eigenvalue weighted by molar-refractivity contribution is -0.139. The summed E-state index contributed by atoms with van der Waals surface area (Å²) in [6.07, 6.45) is 9.57. The first kappa shape index (κ1) is 18.7. The highest BCUT2D eigenvalue weighted by molar-refractivity contribution is 6.09. The molecule has 0 aliphatic heterocycles. The molecule has 0 saturated carbocycles. The fourth-order valence-corrected chi connectivity index (χ4v) is 2.92. The third-order valence-corrected chi connectivity index (χ3v) is 4.41. The maximum atomic E-state index is 12.6. The highest BCUT2D eigenvalue weighted by Crippen LogP contribution is 2.38. The molecule has 2 rings (SSSR count). The van der Waals surface area contributed by atoms with Crippen LogP contribution in [0.5, 0.6) is 0 Å². The van der Waals surface area contributed by atoms with Crippen LogP contribution in [0.4, 0.5) is 0 Å². The lowest BCUT2D eigenvalue weighted by atomic mass is 9.87. The standard InChI is InChI=1S/C21H24O4/c1-12(2)15-9-7-14(4)18-17(11-15)13(3)8-10-16(20(22)24-5)19(18)21(23)25-6/h7-12H,1-6H3. The van der Waals surface area contributed by atoms with Crippen molar-refractivity contribution in [1.82, 2.24) is 0 Å². The first-order valence-corrected chi connectivity index (χ1v) is 8.23. The van der Waals surface area contributed by atoms with Crippen molar-refractivity contribution in [2.75, 3.05) is 14.2 Å². The Morgan fingerprint density at radius 3 is 2.04 bits per heavy atom. The molecule has 0 unspecified atom stereocenters. The number of fused-ring (bicyclic) bond motifs is 1. The normalized spacial score (nSPS) is 17.3. The van der Waals surface area contributed by atoms with E-state index in [0.29, 0.717) is 11.5 Å². The zero-order valence-electron chi connectivity index (χ0n) is 15.6. The molecule has 132 valence electrons. The van der Waals surface area contributed by atoms with E-state index in [1.165, 1.54) is 14.2 Å². The summed E-state index contributed by atoms with van der Waals surface area (Å²) in [5.41, 5.74) is 5.09. The van der Waals surface area contributed by atoms with E-state index in [-0.39, 0.29) is 11.1 Å². The third-order valence-electron chi connectivity index (χ3n) is 4.41. The molecule has 0 aromatic carbocycles. The SMILES string of the molecule is COC(=O)C1=CC=C(C)C2=CC(C(C)C)=CC=C(C)C2=C1C(=O)OC. The van der Waals surface area contributed by atoms with Gasteiger partial charge in [-0.2, -0.15) is 0 Å². The molecule has 0 amide bonds. The first-order valence-electron chi connectivity index (χ1n) is 8.23. The Hall–Kier alpha value is -2.62. The summed E-state index contributed by atoms with van der Waals surface area (Å²) < 4.78 is 9.86. The highest BCUT2D eigenvalue weighted by Gasteiger charge is 2.30. The molecule has 0 radical (unpaired) electrons. The zero-order valence-corrected chi connectivity index (χ0v) is 15.6. The molecule has 0 N–H and O–H groups in total. The molecule has 0 spiro atoms. The number of rotatable bonds is 3. The zero-order chi connectivity index (χ0) is 18.7. The molecule has 0 fully saturated rings. The average Bonchev–Trinajstić information content (AvgIpc) is 2.84. The second-order valence-electron chi connectivity index (χ2n) is 6.39. The number of hydrogen-bond acceptors (Lipinski definition) is 4. The van der Waals surface area contributed by atoms with Gasteiger partial charge in [-0.1, -0.05) is 38.2 Å². The van der Waals surface area contributed by atoms with Gasteiger partial charge in [0.1, 0.15) is 0 Å². The minimum Gasteiger partial charge on any atom is -0.465 e. The minimum absolute atomic E-state index is 0.202. The Morgan fingerprint density at radius 1 is 0.880 bits per heavy atom. The van der Waals surface area contributed by atoms with Crippen molar-refractivity contribution in [2.45, 2.75) is 27.7 Å². The van der Waals surface area contributed by atoms with E-state index in [4.69, 9.17) is 9.47 Å². The Bertz CT molecular complexity index is 796. The summed E-state index contributed by atoms with van der Waals surface area (Å²) in [5.74, 6) is -0.782. The van der Waals surface area contributed by atoms with Crippen LogP contribution in [0.25, 0.3) is 0 Å². The lowest BCUT2D eigenvalue weighted by Gasteiger charge is -2.17. The number of esters is 2. The van der Waals surface area contributed by atoms with Gasteiger partial charge in [0.25, 0.3) is 0 Å². The van der Waals surface area contributed by atoms with Gasteiger partial charge in [-0.25, -0.2) is 9.59 Å². The molecule has 0 saturated heterocycles. The Kier molecular flexibility index (Phi) is 5.62. The predicted molar refractivity (Wildman–Crippen MR) is 97.7 cm³/mol. The summed E-state index contributed by atoms with van der Waals surface area (Å²) in [6, 6.07) is 0. The van der Waals surface area contributed by atoms with E-state index >= 15 is 0 Å². The Labute approximate surface area is 148 Å². The van der Waals surface area contributed by atoms with Crippen molar-refractivity contribution in [3.05, 3.63) is 69.4 Å². The summed E-state index contributed by atoms with van der Waals surface area (Å²) >= 11 is 0. The molecular formula is C21H24O4. The fourth-order valence-electron chi connectivity index (χ4n) is 2.92. The van der Waals surface area contributed by atoms with Gasteiger partial charge in [-0.3, -0.25) is 0 Å². The second kappa shape index (κ2) is 7.51. The van der Waals surface area contributed by atoms with Crippen LogP contribution in [-0.2, 0) is 19.1 Å². The van der Waals surface area contributed by atoms with E-state index in [0.717, 1.165) is 22.3 Å². The predicted octanol–water partition coefficient (Wildman–Crippen LogP) is 3.98. The summed E-state index contributed by atoms with van der Waals surface area (Å²) in [7, 11) is 2.61. The van der Waals surface area contributed by atoms with E-state index in [1.54, 1.807) is 6.08 Å². The molecule has 0 heterocycles. The topological polar surface area (TPSA) is 52.6 Å². The van der Waals surface area contributed by atoms with Gasteiger partial charge in [0.2, 0.25) is 0 Å². The van der Waals surface area contributed by atoms with Crippen molar-refractivity contribution in [2.24, 2.45) is 5.92 Å². The molecule has 2 aliphatic rings. The maximum Gasteiger partial charge on any atom is 0.339 e. The van der Waals surface area contributed by atoms with Gasteiger partial charge in [0.05, 0.1) is 25.4 Å². The fraction of sp³-hybridized carbons (Fsp3) is 0.333. The van der Waals surface area contributed by atoms with Crippen LogP contribution in [0.2, 0.25) is 0 Å². The van der Waals surface area contributed by atoms with Gasteiger partial charge in [-0.05, 0) is 48.1 Å². The van der Waals surface area contributed by atoms with Crippen molar-refractivity contribution in [3.63, 3.8) is 0 Å². The van der Waals surface area contributed by atoms with E-state index in [1.807, 2.05) is 26.0 Å². The molecule has 2 aliphatic carbocycles. The third kappa shape index (κ3) is 3.58. The number of ether oxygens (including phenoxy) is 2. The van der Waals surface area contributed by atoms with E-state index < -0.39 is 11.9 Å². The largest absolute Gasteiger partial charge is 0.465 e. The monoisotopic (exact) mass is 340 g/mol. The van der Waals surface area contributed by atoms with Gasteiger partial charge in [-0.15, -0.1) is 0 Å². The molecule has 0 atom stereocenters. The second-order valence-corrected chi connectivity index (χ2v) is 6.39. The van der Waals surface area contributed by atoms with Crippen LogP contribution in [-0.4, -0.2) is 26.2 Å². The summed E-state index contributed by atoms with van der Waals surface area (Å²) in [6.45, 7) is 8.14. The van der Waals surface area contributed by atoms with Gasteiger partial charge in [0.15, 0.2) is 0 Å². The average molecular weight is 340 g/mol. The van der Waals surface area contributed by atoms with Gasteiger partial charge in [0, 0.05) is 5.57 Å². The molecular weight excluding hydrogens is 316 g/mol. The lowest BCUT2D eigenvalue weighted by Crippen LogP contribution is -2.17. The van der Waals surface area contributed by atoms with Crippen LogP contribution in [0, 0.1) is 5.92 Å². The molecule has 4 nitrogen and oxygen atoms in total. The van der Waals surface area contributed by atoms with Crippen molar-refractivity contribution >= 4 is 11.9 Å². The van der Waals surface area contributed by atoms with Crippen LogP contribution in [0.1, 0.15) is 27.7 Å². The number of methoxy groups -OCH3 is 2. The minimum atomic E-state index is -0.563. The van der Waals surface area contributed by atoms with Crippen LogP contribution in [0.15, 0.2) is 69.4 Å². The molecule has 0 aromatic heterocycles. The highest BCUT2D eigenvalue weighted by atomic mass is 16.5. The molecule has 0 bridgehead atoms. The van der Waals surface area contributed by atoms with Crippen molar-refractivity contribution in [1.29, 1.82) is 0 Å². The number of carbonyl (C=O) groups is 2. The van der Waals surface area contributed by atoms with Crippen LogP contribution in [0.3, 0.4) is 0 Å². The van der Waals surface area contributed by atoms with E-state index in [9.17, 15) is 9.59 Å². The summed E-state index contributed by atoms with van der Waals surface area (Å²) in [5, 5.41) is 0. The summed E-state index contributed by atoms with van der Waals surface area (Å²) in [4.78, 5) is 24.8. The quantitative estimate of drug-likeness (QED) is 0.729. The number of carbonyl (C=O) groups excluding carboxylic acids is 2. The maximum absolute atomic E-state index is 12.6. The van der Waals surface area contributed by atoms with Crippen molar-refractivity contribution in [3.8, 4) is 0 Å². The molecule has 0 aromatic rings. The van der Waals surface area contributed by atoms with Crippen LogP contribution < -0.4 is 0 Å². The Morgan fingerprint density at radius 2 is 1.48 bits per heavy atom. The number of allylic oxidation sites excluding steroid dienone is 10. The molecule has 4 heteroatoms. The molecule has 25 heavy (non-hydrogen) atoms. The van der Waals surface area contributed by atoms with Crippen LogP contribution >= 0.6 is 0 Å². The first-order chi connectivity index (χ1) is 11.8. The number of hydrogen-bond donors (Lipinski definition) is 0. The smallest absolute Gasteiger partial charge is 0.339 e. The van der Waals surface area contributed by atoms with Crippen molar-refractivity contribution < 1.29 is 19.1 Å². The Balaban J connectivity index is 2.87. The van der Waals surface area contributed by atoms with E-state index in [2.05, 4.69) is 26.0 Å². The van der Waals surface area contributed by atoms with Gasteiger partial charge < -0.3 is 9.47 Å². The van der Waals surface area contributed by atoms with Gasteiger partial charge >= 0.3 is 11.9 Å².